The Balaban J connectivity index is 1.30. The first-order valence-electron chi connectivity index (χ1n) is 11.7. The van der Waals surface area contributed by atoms with Gasteiger partial charge >= 0.3 is 0 Å². The summed E-state index contributed by atoms with van der Waals surface area (Å²) in [6.45, 7) is 6.47. The van der Waals surface area contributed by atoms with Gasteiger partial charge in [0.25, 0.3) is 11.8 Å². The maximum atomic E-state index is 12.7. The molecule has 7 heteroatoms. The lowest BCUT2D eigenvalue weighted by molar-refractivity contribution is 0.0865. The van der Waals surface area contributed by atoms with Crippen LogP contribution in [0.25, 0.3) is 0 Å². The highest BCUT2D eigenvalue weighted by atomic mass is 16.3. The van der Waals surface area contributed by atoms with Gasteiger partial charge in [0.1, 0.15) is 0 Å². The number of carbonyl (C=O) groups is 2. The predicted molar refractivity (Wildman–Crippen MR) is 133 cm³/mol. The van der Waals surface area contributed by atoms with Gasteiger partial charge in [0.15, 0.2) is 5.76 Å². The minimum Gasteiger partial charge on any atom is -0.459 e. The van der Waals surface area contributed by atoms with Gasteiger partial charge in [-0.05, 0) is 55.8 Å². The maximum absolute atomic E-state index is 12.7. The van der Waals surface area contributed by atoms with E-state index in [1.165, 1.54) is 11.8 Å². The zero-order valence-electron chi connectivity index (χ0n) is 19.8. The average molecular weight is 461 g/mol. The molecule has 2 heterocycles. The molecule has 34 heavy (non-hydrogen) atoms. The van der Waals surface area contributed by atoms with Crippen molar-refractivity contribution in [2.75, 3.05) is 45.1 Å². The first-order chi connectivity index (χ1) is 16.5. The fourth-order valence-corrected chi connectivity index (χ4v) is 4.29. The Hall–Kier alpha value is -3.42. The lowest BCUT2D eigenvalue weighted by atomic mass is 10.0. The predicted octanol–water partition coefficient (Wildman–Crippen LogP) is 3.95. The molecule has 2 N–H and O–H groups in total. The minimum atomic E-state index is -0.342. The monoisotopic (exact) mass is 460 g/mol. The number of anilines is 1. The third-order valence-corrected chi connectivity index (χ3v) is 6.28. The molecule has 0 saturated carbocycles. The van der Waals surface area contributed by atoms with Gasteiger partial charge in [0.05, 0.1) is 6.26 Å². The zero-order valence-corrected chi connectivity index (χ0v) is 19.8. The molecular formula is C27H32N4O3. The average Bonchev–Trinajstić information content (AvgIpc) is 3.39. The molecule has 1 atom stereocenters. The Labute approximate surface area is 200 Å². The number of hydrogen-bond acceptors (Lipinski definition) is 5. The molecule has 2 amide bonds. The van der Waals surface area contributed by atoms with Crippen LogP contribution < -0.4 is 10.6 Å². The molecule has 0 radical (unpaired) electrons. The van der Waals surface area contributed by atoms with Crippen LogP contribution in [-0.4, -0.2) is 61.4 Å². The molecule has 1 aromatic heterocycles. The summed E-state index contributed by atoms with van der Waals surface area (Å²) < 4.78 is 5.14. The number of nitrogens with one attached hydrogen (secondary N) is 2. The van der Waals surface area contributed by atoms with Crippen LogP contribution in [0.15, 0.2) is 71.3 Å². The Bertz CT molecular complexity index is 1100. The first kappa shape index (κ1) is 23.7. The molecular weight excluding hydrogens is 428 g/mol. The lowest BCUT2D eigenvalue weighted by Crippen LogP contribution is -2.47. The van der Waals surface area contributed by atoms with Crippen molar-refractivity contribution in [1.29, 1.82) is 0 Å². The van der Waals surface area contributed by atoms with E-state index in [0.717, 1.165) is 38.2 Å². The van der Waals surface area contributed by atoms with Crippen molar-refractivity contribution in [3.8, 4) is 0 Å². The van der Waals surface area contributed by atoms with Gasteiger partial charge in [-0.25, -0.2) is 0 Å². The highest BCUT2D eigenvalue weighted by Gasteiger charge is 2.26. The molecule has 1 aliphatic rings. The van der Waals surface area contributed by atoms with Crippen LogP contribution in [0, 0.1) is 6.92 Å². The Kier molecular flexibility index (Phi) is 7.77. The van der Waals surface area contributed by atoms with E-state index in [4.69, 9.17) is 4.42 Å². The number of hydrogen-bond donors (Lipinski definition) is 2. The fraction of sp³-hybridized carbons (Fsp3) is 0.333. The third kappa shape index (κ3) is 5.92. The second kappa shape index (κ2) is 11.1. The van der Waals surface area contributed by atoms with Crippen molar-refractivity contribution in [1.82, 2.24) is 15.1 Å². The smallest absolute Gasteiger partial charge is 0.291 e. The van der Waals surface area contributed by atoms with Crippen molar-refractivity contribution in [3.63, 3.8) is 0 Å². The number of likely N-dealkylation sites (N-methyl/N-ethyl adjacent to an activating group) is 1. The number of carbonyl (C=O) groups excluding carboxylic acids is 2. The van der Waals surface area contributed by atoms with Crippen LogP contribution in [0.2, 0.25) is 0 Å². The SMILES string of the molecule is Cc1ccc(C(=O)NCCCN2CCN(C)CC2c2ccccc2)cc1NC(=O)c1ccco1. The molecule has 7 nitrogen and oxygen atoms in total. The Morgan fingerprint density at radius 1 is 1.03 bits per heavy atom. The normalized spacial score (nSPS) is 16.8. The van der Waals surface area contributed by atoms with E-state index >= 15 is 0 Å². The van der Waals surface area contributed by atoms with Crippen molar-refractivity contribution in [3.05, 3.63) is 89.4 Å². The van der Waals surface area contributed by atoms with Gasteiger partial charge in [0.2, 0.25) is 0 Å². The number of piperazine rings is 1. The number of rotatable bonds is 8. The molecule has 0 spiro atoms. The standard InChI is InChI=1S/C27H32N4O3/c1-20-11-12-22(18-23(20)29-27(33)25-10-6-17-34-25)26(32)28-13-7-14-31-16-15-30(2)19-24(31)21-8-4-3-5-9-21/h3-6,8-12,17-18,24H,7,13-16,19H2,1-2H3,(H,28,32)(H,29,33). The summed E-state index contributed by atoms with van der Waals surface area (Å²) in [7, 11) is 2.17. The van der Waals surface area contributed by atoms with Crippen molar-refractivity contribution < 1.29 is 14.0 Å². The van der Waals surface area contributed by atoms with Crippen LogP contribution in [0.5, 0.6) is 0 Å². The summed E-state index contributed by atoms with van der Waals surface area (Å²) in [5.74, 6) is -0.260. The van der Waals surface area contributed by atoms with Gasteiger partial charge in [-0.15, -0.1) is 0 Å². The van der Waals surface area contributed by atoms with Gasteiger partial charge < -0.3 is 20.0 Å². The van der Waals surface area contributed by atoms with E-state index in [-0.39, 0.29) is 17.6 Å². The highest BCUT2D eigenvalue weighted by Crippen LogP contribution is 2.24. The van der Waals surface area contributed by atoms with E-state index in [1.807, 2.05) is 13.0 Å². The number of aryl methyl sites for hydroxylation is 1. The first-order valence-corrected chi connectivity index (χ1v) is 11.7. The summed E-state index contributed by atoms with van der Waals surface area (Å²) in [4.78, 5) is 29.9. The largest absolute Gasteiger partial charge is 0.459 e. The van der Waals surface area contributed by atoms with Crippen LogP contribution in [0.4, 0.5) is 5.69 Å². The van der Waals surface area contributed by atoms with E-state index in [1.54, 1.807) is 24.3 Å². The molecule has 1 aliphatic heterocycles. The fourth-order valence-electron chi connectivity index (χ4n) is 4.29. The lowest BCUT2D eigenvalue weighted by Gasteiger charge is -2.40. The summed E-state index contributed by atoms with van der Waals surface area (Å²) in [5, 5.41) is 5.84. The van der Waals surface area contributed by atoms with Crippen LogP contribution >= 0.6 is 0 Å². The van der Waals surface area contributed by atoms with Gasteiger partial charge in [-0.3, -0.25) is 14.5 Å². The van der Waals surface area contributed by atoms with Gasteiger partial charge in [0, 0.05) is 50.0 Å². The molecule has 1 unspecified atom stereocenters. The van der Waals surface area contributed by atoms with Crippen LogP contribution in [-0.2, 0) is 0 Å². The summed E-state index contributed by atoms with van der Waals surface area (Å²) in [6.07, 6.45) is 2.32. The number of benzene rings is 2. The molecule has 2 aromatic carbocycles. The molecule has 0 bridgehead atoms. The second-order valence-corrected chi connectivity index (χ2v) is 8.80. The van der Waals surface area contributed by atoms with Crippen molar-refractivity contribution >= 4 is 17.5 Å². The quantitative estimate of drug-likeness (QED) is 0.498. The third-order valence-electron chi connectivity index (χ3n) is 6.28. The minimum absolute atomic E-state index is 0.147. The van der Waals surface area contributed by atoms with Gasteiger partial charge in [-0.2, -0.15) is 0 Å². The van der Waals surface area contributed by atoms with Crippen molar-refractivity contribution in [2.24, 2.45) is 0 Å². The molecule has 3 aromatic rings. The van der Waals surface area contributed by atoms with Gasteiger partial charge in [-0.1, -0.05) is 36.4 Å². The molecule has 4 rings (SSSR count). The molecule has 1 saturated heterocycles. The van der Waals surface area contributed by atoms with E-state index < -0.39 is 0 Å². The van der Waals surface area contributed by atoms with Crippen molar-refractivity contribution in [2.45, 2.75) is 19.4 Å². The maximum Gasteiger partial charge on any atom is 0.291 e. The van der Waals surface area contributed by atoms with Crippen LogP contribution in [0.1, 0.15) is 44.5 Å². The topological polar surface area (TPSA) is 77.8 Å². The second-order valence-electron chi connectivity index (χ2n) is 8.80. The van der Waals surface area contributed by atoms with E-state index in [0.29, 0.717) is 23.8 Å². The molecule has 1 fully saturated rings. The highest BCUT2D eigenvalue weighted by molar-refractivity contribution is 6.03. The molecule has 0 aliphatic carbocycles. The summed E-state index contributed by atoms with van der Waals surface area (Å²) in [5.41, 5.74) is 3.32. The molecule has 178 valence electrons. The van der Waals surface area contributed by atoms with E-state index in [9.17, 15) is 9.59 Å². The Morgan fingerprint density at radius 3 is 2.62 bits per heavy atom. The zero-order chi connectivity index (χ0) is 23.9. The summed E-state index contributed by atoms with van der Waals surface area (Å²) >= 11 is 0. The number of amides is 2. The van der Waals surface area contributed by atoms with E-state index in [2.05, 4.69) is 57.8 Å². The number of furan rings is 1. The number of nitrogens with zero attached hydrogens (tertiary/aromatic N) is 2. The summed E-state index contributed by atoms with van der Waals surface area (Å²) in [6, 6.07) is 19.6. The van der Waals surface area contributed by atoms with Crippen LogP contribution in [0.3, 0.4) is 0 Å². The Morgan fingerprint density at radius 2 is 1.85 bits per heavy atom.